The summed E-state index contributed by atoms with van der Waals surface area (Å²) in [6.45, 7) is 0. The molecule has 0 fully saturated rings. The molecule has 6 rings (SSSR count). The quantitative estimate of drug-likeness (QED) is 0.306. The second-order valence-corrected chi connectivity index (χ2v) is 8.47. The Bertz CT molecular complexity index is 1540. The van der Waals surface area contributed by atoms with Gasteiger partial charge in [-0.2, -0.15) is 0 Å². The van der Waals surface area contributed by atoms with Crippen LogP contribution in [0, 0.1) is 0 Å². The Morgan fingerprint density at radius 1 is 0.484 bits per heavy atom. The first-order valence-corrected chi connectivity index (χ1v) is 10.9. The van der Waals surface area contributed by atoms with Crippen molar-refractivity contribution in [3.8, 4) is 33.9 Å². The van der Waals surface area contributed by atoms with Gasteiger partial charge < -0.3 is 0 Å². The maximum atomic E-state index is 4.79. The summed E-state index contributed by atoms with van der Waals surface area (Å²) in [6, 6.07) is 33.6. The van der Waals surface area contributed by atoms with Crippen molar-refractivity contribution in [2.24, 2.45) is 0 Å². The van der Waals surface area contributed by atoms with Crippen molar-refractivity contribution >= 4 is 31.5 Å². The lowest BCUT2D eigenvalue weighted by molar-refractivity contribution is 1.07. The maximum absolute atomic E-state index is 4.79. The zero-order chi connectivity index (χ0) is 20.6. The van der Waals surface area contributed by atoms with Crippen molar-refractivity contribution in [3.63, 3.8) is 0 Å². The Hall–Kier alpha value is -3.89. The van der Waals surface area contributed by atoms with Crippen LogP contribution in [0.4, 0.5) is 0 Å². The fourth-order valence-electron chi connectivity index (χ4n) is 3.91. The highest BCUT2D eigenvalue weighted by Crippen LogP contribution is 2.35. The molecule has 4 heteroatoms. The Balaban J connectivity index is 1.42. The van der Waals surface area contributed by atoms with Crippen molar-refractivity contribution in [1.29, 1.82) is 0 Å². The number of benzene rings is 4. The van der Waals surface area contributed by atoms with Gasteiger partial charge in [0.2, 0.25) is 0 Å². The monoisotopic (exact) mass is 415 g/mol. The summed E-state index contributed by atoms with van der Waals surface area (Å²) in [5.74, 6) is 1.37. The van der Waals surface area contributed by atoms with Crippen LogP contribution in [0.5, 0.6) is 0 Å². The fourth-order valence-corrected chi connectivity index (χ4v) is 5.05. The summed E-state index contributed by atoms with van der Waals surface area (Å²) >= 11 is 1.80. The van der Waals surface area contributed by atoms with E-state index in [9.17, 15) is 0 Å². The minimum absolute atomic E-state index is 0.680. The van der Waals surface area contributed by atoms with Crippen LogP contribution in [-0.2, 0) is 0 Å². The first kappa shape index (κ1) is 17.9. The number of nitrogens with zero attached hydrogens (tertiary/aromatic N) is 3. The lowest BCUT2D eigenvalue weighted by Crippen LogP contribution is -1.95. The van der Waals surface area contributed by atoms with Gasteiger partial charge in [0.05, 0.1) is 0 Å². The minimum Gasteiger partial charge on any atom is -0.217 e. The molecule has 0 bridgehead atoms. The van der Waals surface area contributed by atoms with E-state index in [0.29, 0.717) is 11.6 Å². The molecule has 0 saturated carbocycles. The SMILES string of the molecule is c1ccc(-c2cccc(-c3ncnc(-c4ccc5c(c4)sc4ccccc45)n3)c2)cc1. The predicted molar refractivity (Wildman–Crippen MR) is 129 cm³/mol. The Morgan fingerprint density at radius 3 is 2.03 bits per heavy atom. The van der Waals surface area contributed by atoms with Gasteiger partial charge in [0, 0.05) is 31.3 Å². The average Bonchev–Trinajstić information content (AvgIpc) is 3.23. The average molecular weight is 416 g/mol. The van der Waals surface area contributed by atoms with E-state index in [1.54, 1.807) is 17.7 Å². The number of hydrogen-bond acceptors (Lipinski definition) is 4. The number of thiophene rings is 1. The summed E-state index contributed by atoms with van der Waals surface area (Å²) in [7, 11) is 0. The molecule has 3 nitrogen and oxygen atoms in total. The molecule has 6 aromatic rings. The fraction of sp³-hybridized carbons (Fsp3) is 0. The van der Waals surface area contributed by atoms with Gasteiger partial charge in [-0.3, -0.25) is 0 Å². The third kappa shape index (κ3) is 3.27. The molecule has 4 aromatic carbocycles. The number of fused-ring (bicyclic) bond motifs is 3. The number of rotatable bonds is 3. The number of hydrogen-bond donors (Lipinski definition) is 0. The molecule has 0 amide bonds. The van der Waals surface area contributed by atoms with E-state index in [4.69, 9.17) is 4.98 Å². The van der Waals surface area contributed by atoms with Crippen LogP contribution in [-0.4, -0.2) is 15.0 Å². The highest BCUT2D eigenvalue weighted by molar-refractivity contribution is 7.25. The third-order valence-corrected chi connectivity index (χ3v) is 6.57. The van der Waals surface area contributed by atoms with E-state index in [1.165, 1.54) is 25.7 Å². The first-order chi connectivity index (χ1) is 15.3. The van der Waals surface area contributed by atoms with Crippen molar-refractivity contribution in [2.75, 3.05) is 0 Å². The molecule has 2 aromatic heterocycles. The van der Waals surface area contributed by atoms with Crippen LogP contribution in [0.2, 0.25) is 0 Å². The van der Waals surface area contributed by atoms with Gasteiger partial charge in [-0.15, -0.1) is 11.3 Å². The second kappa shape index (κ2) is 7.42. The molecule has 0 spiro atoms. The van der Waals surface area contributed by atoms with Gasteiger partial charge in [0.25, 0.3) is 0 Å². The van der Waals surface area contributed by atoms with E-state index in [1.807, 2.05) is 30.3 Å². The molecule has 0 atom stereocenters. The smallest absolute Gasteiger partial charge is 0.163 e. The molecule has 146 valence electrons. The topological polar surface area (TPSA) is 38.7 Å². The zero-order valence-electron chi connectivity index (χ0n) is 16.6. The Labute approximate surface area is 183 Å². The second-order valence-electron chi connectivity index (χ2n) is 7.39. The first-order valence-electron chi connectivity index (χ1n) is 10.1. The van der Waals surface area contributed by atoms with Crippen LogP contribution in [0.3, 0.4) is 0 Å². The summed E-state index contributed by atoms with van der Waals surface area (Å²) in [4.78, 5) is 13.7. The molecule has 2 heterocycles. The number of aromatic nitrogens is 3. The van der Waals surface area contributed by atoms with Crippen LogP contribution >= 0.6 is 11.3 Å². The molecular formula is C27H17N3S. The summed E-state index contributed by atoms with van der Waals surface area (Å²) in [6.07, 6.45) is 1.60. The molecule has 0 unspecified atom stereocenters. The molecule has 0 aliphatic rings. The minimum atomic E-state index is 0.680. The normalized spacial score (nSPS) is 11.2. The van der Waals surface area contributed by atoms with Gasteiger partial charge in [0.1, 0.15) is 6.33 Å². The van der Waals surface area contributed by atoms with Crippen LogP contribution in [0.25, 0.3) is 54.1 Å². The van der Waals surface area contributed by atoms with Crippen molar-refractivity contribution in [1.82, 2.24) is 15.0 Å². The predicted octanol–water partition coefficient (Wildman–Crippen LogP) is 7.24. The highest BCUT2D eigenvalue weighted by atomic mass is 32.1. The highest BCUT2D eigenvalue weighted by Gasteiger charge is 2.10. The maximum Gasteiger partial charge on any atom is 0.163 e. The Morgan fingerprint density at radius 2 is 1.16 bits per heavy atom. The van der Waals surface area contributed by atoms with Crippen LogP contribution in [0.15, 0.2) is 103 Å². The van der Waals surface area contributed by atoms with Crippen molar-refractivity contribution in [2.45, 2.75) is 0 Å². The third-order valence-electron chi connectivity index (χ3n) is 5.44. The van der Waals surface area contributed by atoms with E-state index in [0.717, 1.165) is 16.7 Å². The standard InChI is InChI=1S/C27H17N3S/c1-2-7-18(8-3-1)19-9-6-10-20(15-19)26-28-17-29-27(30-26)21-13-14-23-22-11-4-5-12-24(22)31-25(23)16-21/h1-17H. The van der Waals surface area contributed by atoms with Gasteiger partial charge in [0.15, 0.2) is 11.6 Å². The largest absolute Gasteiger partial charge is 0.217 e. The Kier molecular flexibility index (Phi) is 4.29. The van der Waals surface area contributed by atoms with E-state index < -0.39 is 0 Å². The molecule has 0 aliphatic heterocycles. The molecular weight excluding hydrogens is 398 g/mol. The summed E-state index contributed by atoms with van der Waals surface area (Å²) in [5.41, 5.74) is 4.30. The zero-order valence-corrected chi connectivity index (χ0v) is 17.4. The molecule has 0 saturated heterocycles. The van der Waals surface area contributed by atoms with Crippen molar-refractivity contribution < 1.29 is 0 Å². The molecule has 0 radical (unpaired) electrons. The van der Waals surface area contributed by atoms with E-state index in [2.05, 4.69) is 76.7 Å². The molecule has 0 aliphatic carbocycles. The van der Waals surface area contributed by atoms with Gasteiger partial charge >= 0.3 is 0 Å². The lowest BCUT2D eigenvalue weighted by atomic mass is 10.0. The van der Waals surface area contributed by atoms with Gasteiger partial charge in [-0.05, 0) is 29.3 Å². The van der Waals surface area contributed by atoms with Crippen molar-refractivity contribution in [3.05, 3.63) is 103 Å². The summed E-state index contributed by atoms with van der Waals surface area (Å²) in [5, 5.41) is 2.57. The van der Waals surface area contributed by atoms with Gasteiger partial charge in [-0.25, -0.2) is 15.0 Å². The van der Waals surface area contributed by atoms with Crippen LogP contribution < -0.4 is 0 Å². The van der Waals surface area contributed by atoms with Gasteiger partial charge in [-0.1, -0.05) is 78.9 Å². The lowest BCUT2D eigenvalue weighted by Gasteiger charge is -2.06. The molecule has 31 heavy (non-hydrogen) atoms. The summed E-state index contributed by atoms with van der Waals surface area (Å²) < 4.78 is 2.54. The van der Waals surface area contributed by atoms with E-state index >= 15 is 0 Å². The van der Waals surface area contributed by atoms with E-state index in [-0.39, 0.29) is 0 Å². The molecule has 0 N–H and O–H groups in total. The van der Waals surface area contributed by atoms with Crippen LogP contribution in [0.1, 0.15) is 0 Å².